The highest BCUT2D eigenvalue weighted by Gasteiger charge is 2.66. The minimum absolute atomic E-state index is 0.284. The van der Waals surface area contributed by atoms with Gasteiger partial charge < -0.3 is 5.73 Å². The molecule has 0 aliphatic carbocycles. The lowest BCUT2D eigenvalue weighted by Crippen LogP contribution is -2.60. The van der Waals surface area contributed by atoms with Crippen LogP contribution in [0.5, 0.6) is 0 Å². The van der Waals surface area contributed by atoms with Crippen molar-refractivity contribution in [2.24, 2.45) is 5.73 Å². The number of hydrogen-bond donors (Lipinski definition) is 1. The molecule has 0 rings (SSSR count). The first-order valence-electron chi connectivity index (χ1n) is 5.29. The molecule has 0 bridgehead atoms. The first kappa shape index (κ1) is 15.6. The van der Waals surface area contributed by atoms with Crippen molar-refractivity contribution in [1.82, 2.24) is 0 Å². The van der Waals surface area contributed by atoms with Gasteiger partial charge in [-0.05, 0) is 13.3 Å². The lowest BCUT2D eigenvalue weighted by Gasteiger charge is -2.35. The predicted octanol–water partition coefficient (Wildman–Crippen LogP) is 3.87. The molecule has 0 saturated carbocycles. The Kier molecular flexibility index (Phi) is 5.16. The quantitative estimate of drug-likeness (QED) is 0.559. The van der Waals surface area contributed by atoms with Crippen LogP contribution in [0.1, 0.15) is 46.0 Å². The Morgan fingerprint density at radius 2 is 1.44 bits per heavy atom. The molecule has 16 heavy (non-hydrogen) atoms. The molecule has 2 N–H and O–H groups in total. The van der Waals surface area contributed by atoms with Crippen LogP contribution in [-0.2, 0) is 0 Å². The van der Waals surface area contributed by atoms with Gasteiger partial charge in [-0.3, -0.25) is 0 Å². The van der Waals surface area contributed by atoms with E-state index in [1.807, 2.05) is 6.92 Å². The fourth-order valence-corrected chi connectivity index (χ4v) is 1.40. The normalized spacial score (nSPS) is 17.2. The van der Waals surface area contributed by atoms with Crippen LogP contribution in [0, 0.1) is 0 Å². The Balaban J connectivity index is 4.41. The molecule has 1 unspecified atom stereocenters. The fourth-order valence-electron chi connectivity index (χ4n) is 1.40. The number of hydrogen-bond acceptors (Lipinski definition) is 1. The fraction of sp³-hybridized carbons (Fsp3) is 1.00. The van der Waals surface area contributed by atoms with Crippen molar-refractivity contribution in [2.45, 2.75) is 63.6 Å². The molecular formula is C10H18F5N. The smallest absolute Gasteiger partial charge is 0.320 e. The van der Waals surface area contributed by atoms with Gasteiger partial charge in [0.05, 0.1) is 5.54 Å². The summed E-state index contributed by atoms with van der Waals surface area (Å²) in [5, 5.41) is 0. The van der Waals surface area contributed by atoms with Gasteiger partial charge in [0.15, 0.2) is 0 Å². The van der Waals surface area contributed by atoms with Gasteiger partial charge in [-0.2, -0.15) is 22.0 Å². The number of halogens is 5. The summed E-state index contributed by atoms with van der Waals surface area (Å²) in [6.07, 6.45) is -3.31. The number of nitrogens with two attached hydrogens (primary N) is 1. The van der Waals surface area contributed by atoms with E-state index in [0.717, 1.165) is 19.8 Å². The van der Waals surface area contributed by atoms with E-state index in [1.165, 1.54) is 0 Å². The first-order valence-corrected chi connectivity index (χ1v) is 5.29. The molecule has 0 aromatic rings. The Bertz CT molecular complexity index is 210. The minimum atomic E-state index is -5.58. The third-order valence-corrected chi connectivity index (χ3v) is 2.62. The van der Waals surface area contributed by atoms with Crippen molar-refractivity contribution >= 4 is 0 Å². The average Bonchev–Trinajstić information content (AvgIpc) is 2.10. The second-order valence-electron chi connectivity index (χ2n) is 4.30. The molecule has 0 amide bonds. The summed E-state index contributed by atoms with van der Waals surface area (Å²) in [6.45, 7) is 2.68. The molecule has 0 fully saturated rings. The monoisotopic (exact) mass is 247 g/mol. The number of rotatable bonds is 6. The second kappa shape index (κ2) is 5.29. The van der Waals surface area contributed by atoms with E-state index in [2.05, 4.69) is 0 Å². The van der Waals surface area contributed by atoms with Crippen molar-refractivity contribution in [3.63, 3.8) is 0 Å². The van der Waals surface area contributed by atoms with E-state index in [9.17, 15) is 22.0 Å². The Hall–Kier alpha value is -0.390. The molecule has 6 heteroatoms. The summed E-state index contributed by atoms with van der Waals surface area (Å²) >= 11 is 0. The van der Waals surface area contributed by atoms with Crippen molar-refractivity contribution in [1.29, 1.82) is 0 Å². The molecule has 0 aromatic carbocycles. The standard InChI is InChI=1S/C10H18F5N/c1-3-4-5-6-7-8(2,16)9(11,12)10(13,14)15/h3-7,16H2,1-2H3. The lowest BCUT2D eigenvalue weighted by molar-refractivity contribution is -0.305. The van der Waals surface area contributed by atoms with Gasteiger partial charge in [-0.25, -0.2) is 0 Å². The highest BCUT2D eigenvalue weighted by molar-refractivity contribution is 4.98. The molecule has 0 heterocycles. The highest BCUT2D eigenvalue weighted by atomic mass is 19.4. The summed E-state index contributed by atoms with van der Waals surface area (Å²) in [5.41, 5.74) is 2.56. The summed E-state index contributed by atoms with van der Waals surface area (Å²) in [6, 6.07) is 0. The largest absolute Gasteiger partial charge is 0.455 e. The van der Waals surface area contributed by atoms with Crippen LogP contribution in [0.3, 0.4) is 0 Å². The third-order valence-electron chi connectivity index (χ3n) is 2.62. The zero-order valence-electron chi connectivity index (χ0n) is 9.50. The summed E-state index contributed by atoms with van der Waals surface area (Å²) < 4.78 is 62.2. The summed E-state index contributed by atoms with van der Waals surface area (Å²) in [7, 11) is 0. The van der Waals surface area contributed by atoms with Crippen molar-refractivity contribution < 1.29 is 22.0 Å². The van der Waals surface area contributed by atoms with Crippen LogP contribution in [-0.4, -0.2) is 17.6 Å². The molecule has 0 aliphatic heterocycles. The molecule has 0 saturated heterocycles. The van der Waals surface area contributed by atoms with E-state index < -0.39 is 17.6 Å². The maximum atomic E-state index is 13.0. The molecule has 0 spiro atoms. The predicted molar refractivity (Wildman–Crippen MR) is 52.4 cm³/mol. The van der Waals surface area contributed by atoms with Gasteiger partial charge in [0.2, 0.25) is 0 Å². The van der Waals surface area contributed by atoms with Crippen molar-refractivity contribution in [2.75, 3.05) is 0 Å². The van der Waals surface area contributed by atoms with Crippen LogP contribution in [0.4, 0.5) is 22.0 Å². The van der Waals surface area contributed by atoms with Gasteiger partial charge in [-0.1, -0.05) is 32.6 Å². The molecule has 0 aliphatic rings. The molecule has 0 aromatic heterocycles. The Morgan fingerprint density at radius 1 is 0.938 bits per heavy atom. The maximum Gasteiger partial charge on any atom is 0.455 e. The van der Waals surface area contributed by atoms with E-state index in [-0.39, 0.29) is 12.8 Å². The summed E-state index contributed by atoms with van der Waals surface area (Å²) in [5.74, 6) is -4.84. The summed E-state index contributed by atoms with van der Waals surface area (Å²) in [4.78, 5) is 0. The van der Waals surface area contributed by atoms with Crippen LogP contribution >= 0.6 is 0 Å². The zero-order chi connectivity index (χ0) is 13.0. The molecule has 98 valence electrons. The number of unbranched alkanes of at least 4 members (excludes halogenated alkanes) is 3. The Morgan fingerprint density at radius 3 is 1.81 bits per heavy atom. The van der Waals surface area contributed by atoms with E-state index in [0.29, 0.717) is 6.42 Å². The van der Waals surface area contributed by atoms with E-state index in [4.69, 9.17) is 5.73 Å². The second-order valence-corrected chi connectivity index (χ2v) is 4.30. The lowest BCUT2D eigenvalue weighted by atomic mass is 9.88. The molecular weight excluding hydrogens is 229 g/mol. The van der Waals surface area contributed by atoms with Gasteiger partial charge in [0.25, 0.3) is 0 Å². The van der Waals surface area contributed by atoms with Gasteiger partial charge in [0, 0.05) is 0 Å². The maximum absolute atomic E-state index is 13.0. The molecule has 1 nitrogen and oxygen atoms in total. The third kappa shape index (κ3) is 3.57. The number of alkyl halides is 5. The van der Waals surface area contributed by atoms with Crippen molar-refractivity contribution in [3.8, 4) is 0 Å². The molecule has 1 atom stereocenters. The van der Waals surface area contributed by atoms with Crippen LogP contribution in [0.25, 0.3) is 0 Å². The van der Waals surface area contributed by atoms with Crippen LogP contribution in [0.15, 0.2) is 0 Å². The average molecular weight is 247 g/mol. The van der Waals surface area contributed by atoms with Crippen LogP contribution < -0.4 is 5.73 Å². The van der Waals surface area contributed by atoms with Gasteiger partial charge in [-0.15, -0.1) is 0 Å². The molecule has 0 radical (unpaired) electrons. The SMILES string of the molecule is CCCCCCC(C)(N)C(F)(F)C(F)(F)F. The van der Waals surface area contributed by atoms with Gasteiger partial charge in [0.1, 0.15) is 0 Å². The minimum Gasteiger partial charge on any atom is -0.320 e. The first-order chi connectivity index (χ1) is 7.06. The van der Waals surface area contributed by atoms with E-state index in [1.54, 1.807) is 0 Å². The topological polar surface area (TPSA) is 26.0 Å². The van der Waals surface area contributed by atoms with Crippen LogP contribution in [0.2, 0.25) is 0 Å². The highest BCUT2D eigenvalue weighted by Crippen LogP contribution is 2.44. The van der Waals surface area contributed by atoms with E-state index >= 15 is 0 Å². The zero-order valence-corrected chi connectivity index (χ0v) is 9.50. The Labute approximate surface area is 92.2 Å². The van der Waals surface area contributed by atoms with Crippen molar-refractivity contribution in [3.05, 3.63) is 0 Å². The van der Waals surface area contributed by atoms with Gasteiger partial charge >= 0.3 is 12.1 Å².